The molecule has 2 nitrogen and oxygen atoms in total. The molecule has 0 aromatic heterocycles. The molecule has 2 N–H and O–H groups in total. The van der Waals surface area contributed by atoms with Gasteiger partial charge in [0.25, 0.3) is 0 Å². The van der Waals surface area contributed by atoms with Gasteiger partial charge in [0.15, 0.2) is 0 Å². The molecular weight excluding hydrogens is 104 g/mol. The van der Waals surface area contributed by atoms with Gasteiger partial charge in [-0.2, -0.15) is 0 Å². The number of aliphatic hydroxyl groups excluding tert-OH is 2. The number of rotatable bonds is 3. The smallest absolute Gasteiger partial charge is 0.0562 e. The molecule has 0 heterocycles. The molecular formula is C6H14O2. The number of aliphatic hydroxyl groups is 2. The highest BCUT2D eigenvalue weighted by molar-refractivity contribution is 4.55. The Labute approximate surface area is 50.2 Å². The second-order valence-electron chi connectivity index (χ2n) is 2.15. The van der Waals surface area contributed by atoms with Crippen LogP contribution < -0.4 is 0 Å². The Morgan fingerprint density at radius 1 is 1.38 bits per heavy atom. The SMILES string of the molecule is CC[C@H](O)CC(C)O. The van der Waals surface area contributed by atoms with Gasteiger partial charge in [0, 0.05) is 0 Å². The van der Waals surface area contributed by atoms with Crippen molar-refractivity contribution in [2.45, 2.75) is 38.9 Å². The summed E-state index contributed by atoms with van der Waals surface area (Å²) >= 11 is 0. The van der Waals surface area contributed by atoms with E-state index in [0.717, 1.165) is 6.42 Å². The highest BCUT2D eigenvalue weighted by Crippen LogP contribution is 1.99. The van der Waals surface area contributed by atoms with Gasteiger partial charge in [-0.15, -0.1) is 0 Å². The summed E-state index contributed by atoms with van der Waals surface area (Å²) < 4.78 is 0. The van der Waals surface area contributed by atoms with Gasteiger partial charge in [0.05, 0.1) is 12.2 Å². The first-order valence-electron chi connectivity index (χ1n) is 3.03. The Hall–Kier alpha value is -0.0800. The van der Waals surface area contributed by atoms with Crippen LogP contribution in [0.4, 0.5) is 0 Å². The third-order valence-corrected chi connectivity index (χ3v) is 1.08. The summed E-state index contributed by atoms with van der Waals surface area (Å²) in [7, 11) is 0. The number of hydrogen-bond acceptors (Lipinski definition) is 2. The molecule has 0 aliphatic rings. The van der Waals surface area contributed by atoms with E-state index >= 15 is 0 Å². The second-order valence-corrected chi connectivity index (χ2v) is 2.15. The van der Waals surface area contributed by atoms with Crippen molar-refractivity contribution in [1.29, 1.82) is 0 Å². The van der Waals surface area contributed by atoms with Crippen LogP contribution in [0.25, 0.3) is 0 Å². The molecule has 2 atom stereocenters. The van der Waals surface area contributed by atoms with Crippen molar-refractivity contribution < 1.29 is 10.2 Å². The first-order valence-corrected chi connectivity index (χ1v) is 3.03. The fourth-order valence-electron chi connectivity index (χ4n) is 0.560. The summed E-state index contributed by atoms with van der Waals surface area (Å²) in [4.78, 5) is 0. The van der Waals surface area contributed by atoms with Crippen molar-refractivity contribution in [3.05, 3.63) is 0 Å². The van der Waals surface area contributed by atoms with Crippen LogP contribution in [0, 0.1) is 0 Å². The van der Waals surface area contributed by atoms with Crippen LogP contribution in [0.1, 0.15) is 26.7 Å². The molecule has 2 heteroatoms. The first-order chi connectivity index (χ1) is 3.66. The Bertz CT molecular complexity index is 52.5. The molecule has 0 aromatic carbocycles. The predicted octanol–water partition coefficient (Wildman–Crippen LogP) is 0.528. The third-order valence-electron chi connectivity index (χ3n) is 1.08. The Kier molecular flexibility index (Phi) is 3.83. The molecule has 0 saturated heterocycles. The largest absolute Gasteiger partial charge is 0.393 e. The molecule has 50 valence electrons. The predicted molar refractivity (Wildman–Crippen MR) is 32.6 cm³/mol. The van der Waals surface area contributed by atoms with Gasteiger partial charge in [-0.3, -0.25) is 0 Å². The summed E-state index contributed by atoms with van der Waals surface area (Å²) in [6.45, 7) is 3.58. The van der Waals surface area contributed by atoms with E-state index in [1.807, 2.05) is 6.92 Å². The molecule has 0 spiro atoms. The van der Waals surface area contributed by atoms with E-state index in [1.165, 1.54) is 0 Å². The maximum atomic E-state index is 8.87. The van der Waals surface area contributed by atoms with Gasteiger partial charge in [0.2, 0.25) is 0 Å². The molecule has 0 bridgehead atoms. The van der Waals surface area contributed by atoms with Gasteiger partial charge in [-0.05, 0) is 19.8 Å². The minimum Gasteiger partial charge on any atom is -0.393 e. The van der Waals surface area contributed by atoms with Crippen molar-refractivity contribution in [3.63, 3.8) is 0 Å². The van der Waals surface area contributed by atoms with Crippen LogP contribution >= 0.6 is 0 Å². The standard InChI is InChI=1S/C6H14O2/c1-3-6(8)4-5(2)7/h5-8H,3-4H2,1-2H3/t5?,6-/m0/s1. The molecule has 1 unspecified atom stereocenters. The fourth-order valence-corrected chi connectivity index (χ4v) is 0.560. The van der Waals surface area contributed by atoms with Crippen LogP contribution in [0.2, 0.25) is 0 Å². The normalized spacial score (nSPS) is 18.0. The lowest BCUT2D eigenvalue weighted by molar-refractivity contribution is 0.0883. The Morgan fingerprint density at radius 2 is 1.88 bits per heavy atom. The van der Waals surface area contributed by atoms with Crippen molar-refractivity contribution in [2.75, 3.05) is 0 Å². The van der Waals surface area contributed by atoms with Crippen molar-refractivity contribution in [2.24, 2.45) is 0 Å². The summed E-state index contributed by atoms with van der Waals surface area (Å²) in [5.74, 6) is 0. The highest BCUT2D eigenvalue weighted by atomic mass is 16.3. The zero-order chi connectivity index (χ0) is 6.57. The topological polar surface area (TPSA) is 40.5 Å². The lowest BCUT2D eigenvalue weighted by Crippen LogP contribution is -2.13. The van der Waals surface area contributed by atoms with Crippen LogP contribution in [0.15, 0.2) is 0 Å². The quantitative estimate of drug-likeness (QED) is 0.567. The molecule has 0 aliphatic carbocycles. The third kappa shape index (κ3) is 4.09. The Morgan fingerprint density at radius 3 is 2.00 bits per heavy atom. The van der Waals surface area contributed by atoms with Gasteiger partial charge >= 0.3 is 0 Å². The Balaban J connectivity index is 3.10. The van der Waals surface area contributed by atoms with E-state index in [1.54, 1.807) is 6.92 Å². The molecule has 0 saturated carbocycles. The minimum atomic E-state index is -0.370. The average molecular weight is 118 g/mol. The minimum absolute atomic E-state index is 0.324. The summed E-state index contributed by atoms with van der Waals surface area (Å²) in [6, 6.07) is 0. The molecule has 0 fully saturated rings. The van der Waals surface area contributed by atoms with Gasteiger partial charge < -0.3 is 10.2 Å². The van der Waals surface area contributed by atoms with Gasteiger partial charge in [-0.1, -0.05) is 6.92 Å². The number of hydrogen-bond donors (Lipinski definition) is 2. The molecule has 0 amide bonds. The highest BCUT2D eigenvalue weighted by Gasteiger charge is 2.03. The molecule has 0 rings (SSSR count). The zero-order valence-corrected chi connectivity index (χ0v) is 5.46. The maximum Gasteiger partial charge on any atom is 0.0562 e. The van der Waals surface area contributed by atoms with E-state index in [9.17, 15) is 0 Å². The maximum absolute atomic E-state index is 8.87. The van der Waals surface area contributed by atoms with Crippen LogP contribution in [0.5, 0.6) is 0 Å². The second kappa shape index (κ2) is 3.87. The summed E-state index contributed by atoms with van der Waals surface area (Å²) in [6.07, 6.45) is 0.529. The fraction of sp³-hybridized carbons (Fsp3) is 1.00. The van der Waals surface area contributed by atoms with E-state index < -0.39 is 0 Å². The van der Waals surface area contributed by atoms with E-state index in [-0.39, 0.29) is 12.2 Å². The molecule has 0 aromatic rings. The van der Waals surface area contributed by atoms with Crippen molar-refractivity contribution >= 4 is 0 Å². The molecule has 8 heavy (non-hydrogen) atoms. The lowest BCUT2D eigenvalue weighted by atomic mass is 10.1. The van der Waals surface area contributed by atoms with Gasteiger partial charge in [-0.25, -0.2) is 0 Å². The zero-order valence-electron chi connectivity index (χ0n) is 5.46. The van der Waals surface area contributed by atoms with E-state index in [2.05, 4.69) is 0 Å². The summed E-state index contributed by atoms with van der Waals surface area (Å²) in [5.41, 5.74) is 0. The van der Waals surface area contributed by atoms with E-state index in [0.29, 0.717) is 6.42 Å². The average Bonchev–Trinajstić information content (AvgIpc) is 1.65. The van der Waals surface area contributed by atoms with Crippen molar-refractivity contribution in [1.82, 2.24) is 0 Å². The lowest BCUT2D eigenvalue weighted by Gasteiger charge is -2.08. The van der Waals surface area contributed by atoms with Crippen LogP contribution in [0.3, 0.4) is 0 Å². The van der Waals surface area contributed by atoms with Crippen LogP contribution in [-0.2, 0) is 0 Å². The molecule has 0 radical (unpaired) electrons. The van der Waals surface area contributed by atoms with E-state index in [4.69, 9.17) is 10.2 Å². The van der Waals surface area contributed by atoms with Gasteiger partial charge in [0.1, 0.15) is 0 Å². The summed E-state index contributed by atoms with van der Waals surface area (Å²) in [5, 5.41) is 17.6. The van der Waals surface area contributed by atoms with Crippen molar-refractivity contribution in [3.8, 4) is 0 Å². The van der Waals surface area contributed by atoms with Crippen LogP contribution in [-0.4, -0.2) is 22.4 Å². The first kappa shape index (κ1) is 7.92. The monoisotopic (exact) mass is 118 g/mol. The molecule has 0 aliphatic heterocycles.